The standard InChI is InChI=1S/C24H21NOS/c1-18-12-14-22(15-13-18)27(26)24-11-7-6-10-23(24)21(17-25)16-19(2)20-8-4-3-5-9-20/h3-15,21H,2,16H2,1H3. The van der Waals surface area contributed by atoms with E-state index in [1.165, 1.54) is 0 Å². The number of aryl methyl sites for hydroxylation is 1. The van der Waals surface area contributed by atoms with Crippen LogP contribution >= 0.6 is 0 Å². The van der Waals surface area contributed by atoms with Crippen LogP contribution in [0.4, 0.5) is 0 Å². The van der Waals surface area contributed by atoms with Gasteiger partial charge in [0.25, 0.3) is 0 Å². The van der Waals surface area contributed by atoms with Crippen LogP contribution in [-0.2, 0) is 10.8 Å². The van der Waals surface area contributed by atoms with E-state index in [0.29, 0.717) is 11.3 Å². The Morgan fingerprint density at radius 3 is 2.30 bits per heavy atom. The molecule has 0 aliphatic heterocycles. The molecule has 3 aromatic carbocycles. The monoisotopic (exact) mass is 371 g/mol. The van der Waals surface area contributed by atoms with Crippen molar-refractivity contribution in [1.82, 2.24) is 0 Å². The van der Waals surface area contributed by atoms with Crippen molar-refractivity contribution in [3.63, 3.8) is 0 Å². The van der Waals surface area contributed by atoms with E-state index in [2.05, 4.69) is 12.6 Å². The number of rotatable bonds is 6. The lowest BCUT2D eigenvalue weighted by molar-refractivity contribution is 0.681. The Labute approximate surface area is 163 Å². The molecule has 0 saturated carbocycles. The molecular weight excluding hydrogens is 350 g/mol. The van der Waals surface area contributed by atoms with Crippen molar-refractivity contribution in [3.05, 3.63) is 102 Å². The number of hydrogen-bond acceptors (Lipinski definition) is 2. The molecule has 134 valence electrons. The van der Waals surface area contributed by atoms with Crippen LogP contribution in [0.25, 0.3) is 5.57 Å². The highest BCUT2D eigenvalue weighted by atomic mass is 32.2. The summed E-state index contributed by atoms with van der Waals surface area (Å²) in [6.07, 6.45) is 0.503. The molecule has 2 atom stereocenters. The van der Waals surface area contributed by atoms with Crippen LogP contribution in [0.5, 0.6) is 0 Å². The molecule has 2 unspecified atom stereocenters. The second-order valence-corrected chi connectivity index (χ2v) is 7.92. The number of allylic oxidation sites excluding steroid dienone is 1. The minimum Gasteiger partial charge on any atom is -0.249 e. The van der Waals surface area contributed by atoms with Gasteiger partial charge in [-0.1, -0.05) is 72.8 Å². The van der Waals surface area contributed by atoms with Gasteiger partial charge in [0.15, 0.2) is 0 Å². The van der Waals surface area contributed by atoms with Crippen LogP contribution in [0, 0.1) is 18.3 Å². The molecule has 0 fully saturated rings. The van der Waals surface area contributed by atoms with Gasteiger partial charge >= 0.3 is 0 Å². The minimum absolute atomic E-state index is 0.400. The highest BCUT2D eigenvalue weighted by Crippen LogP contribution is 2.32. The van der Waals surface area contributed by atoms with Gasteiger partial charge in [-0.05, 0) is 48.2 Å². The number of nitrogens with zero attached hydrogens (tertiary/aromatic N) is 1. The van der Waals surface area contributed by atoms with Gasteiger partial charge in [-0.3, -0.25) is 0 Å². The van der Waals surface area contributed by atoms with Crippen molar-refractivity contribution in [1.29, 1.82) is 5.26 Å². The Morgan fingerprint density at radius 1 is 1.00 bits per heavy atom. The molecule has 0 spiro atoms. The summed E-state index contributed by atoms with van der Waals surface area (Å²) in [5.41, 5.74) is 3.85. The second kappa shape index (κ2) is 8.62. The molecule has 0 aliphatic carbocycles. The molecule has 0 radical (unpaired) electrons. The average Bonchev–Trinajstić information content (AvgIpc) is 2.72. The van der Waals surface area contributed by atoms with Gasteiger partial charge in [0.05, 0.1) is 22.8 Å². The summed E-state index contributed by atoms with van der Waals surface area (Å²) in [6, 6.07) is 27.4. The van der Waals surface area contributed by atoms with Gasteiger partial charge < -0.3 is 0 Å². The summed E-state index contributed by atoms with van der Waals surface area (Å²) in [5.74, 6) is -0.400. The van der Waals surface area contributed by atoms with Crippen LogP contribution in [0.2, 0.25) is 0 Å². The normalized spacial score (nSPS) is 12.7. The van der Waals surface area contributed by atoms with Crippen LogP contribution in [-0.4, -0.2) is 4.21 Å². The number of nitriles is 1. The Hall–Kier alpha value is -2.96. The van der Waals surface area contributed by atoms with E-state index < -0.39 is 16.7 Å². The summed E-state index contributed by atoms with van der Waals surface area (Å²) in [4.78, 5) is 1.43. The van der Waals surface area contributed by atoms with Gasteiger partial charge in [0.2, 0.25) is 0 Å². The third-order valence-electron chi connectivity index (χ3n) is 4.52. The van der Waals surface area contributed by atoms with Gasteiger partial charge in [-0.25, -0.2) is 4.21 Å². The van der Waals surface area contributed by atoms with Crippen molar-refractivity contribution in [3.8, 4) is 6.07 Å². The first-order chi connectivity index (χ1) is 13.1. The van der Waals surface area contributed by atoms with Crippen molar-refractivity contribution in [2.45, 2.75) is 29.1 Å². The Bertz CT molecular complexity index is 1000. The fraction of sp³-hybridized carbons (Fsp3) is 0.125. The van der Waals surface area contributed by atoms with Crippen LogP contribution in [0.15, 0.2) is 95.2 Å². The quantitative estimate of drug-likeness (QED) is 0.543. The molecular formula is C24H21NOS. The molecule has 0 N–H and O–H groups in total. The summed E-state index contributed by atoms with van der Waals surface area (Å²) >= 11 is 0. The van der Waals surface area contributed by atoms with Gasteiger partial charge in [-0.2, -0.15) is 5.26 Å². The lowest BCUT2D eigenvalue weighted by Crippen LogP contribution is -2.04. The van der Waals surface area contributed by atoms with E-state index in [0.717, 1.165) is 27.2 Å². The van der Waals surface area contributed by atoms with Crippen molar-refractivity contribution in [2.75, 3.05) is 0 Å². The summed E-state index contributed by atoms with van der Waals surface area (Å²) in [6.45, 7) is 6.16. The van der Waals surface area contributed by atoms with Gasteiger partial charge in [0.1, 0.15) is 0 Å². The minimum atomic E-state index is -1.33. The van der Waals surface area contributed by atoms with Crippen molar-refractivity contribution >= 4 is 16.4 Å². The first-order valence-corrected chi connectivity index (χ1v) is 9.95. The SMILES string of the molecule is C=C(CC(C#N)c1ccccc1S(=O)c1ccc(C)cc1)c1ccccc1. The molecule has 27 heavy (non-hydrogen) atoms. The summed E-state index contributed by atoms with van der Waals surface area (Å²) < 4.78 is 13.1. The summed E-state index contributed by atoms with van der Waals surface area (Å²) in [7, 11) is -1.33. The Morgan fingerprint density at radius 2 is 1.63 bits per heavy atom. The summed E-state index contributed by atoms with van der Waals surface area (Å²) in [5, 5.41) is 9.80. The number of hydrogen-bond donors (Lipinski definition) is 0. The maximum Gasteiger partial charge on any atom is 0.0852 e. The fourth-order valence-corrected chi connectivity index (χ4v) is 4.25. The van der Waals surface area contributed by atoms with E-state index in [1.807, 2.05) is 85.8 Å². The third-order valence-corrected chi connectivity index (χ3v) is 5.99. The zero-order valence-electron chi connectivity index (χ0n) is 15.3. The largest absolute Gasteiger partial charge is 0.249 e. The topological polar surface area (TPSA) is 40.9 Å². The van der Waals surface area contributed by atoms with E-state index in [1.54, 1.807) is 0 Å². The molecule has 3 heteroatoms. The maximum atomic E-state index is 13.1. The average molecular weight is 372 g/mol. The highest BCUT2D eigenvalue weighted by molar-refractivity contribution is 7.85. The number of benzene rings is 3. The lowest BCUT2D eigenvalue weighted by atomic mass is 9.91. The molecule has 0 saturated heterocycles. The lowest BCUT2D eigenvalue weighted by Gasteiger charge is -2.16. The molecule has 2 nitrogen and oxygen atoms in total. The first kappa shape index (κ1) is 18.8. The first-order valence-electron chi connectivity index (χ1n) is 8.80. The Balaban J connectivity index is 1.91. The maximum absolute atomic E-state index is 13.1. The predicted molar refractivity (Wildman–Crippen MR) is 111 cm³/mol. The zero-order chi connectivity index (χ0) is 19.2. The van der Waals surface area contributed by atoms with E-state index in [4.69, 9.17) is 0 Å². The molecule has 3 aromatic rings. The third kappa shape index (κ3) is 4.42. The Kier molecular flexibility index (Phi) is 6.01. The van der Waals surface area contributed by atoms with E-state index in [-0.39, 0.29) is 0 Å². The molecule has 0 amide bonds. The van der Waals surface area contributed by atoms with Crippen LogP contribution in [0.3, 0.4) is 0 Å². The van der Waals surface area contributed by atoms with Gasteiger partial charge in [0, 0.05) is 9.79 Å². The van der Waals surface area contributed by atoms with Crippen LogP contribution < -0.4 is 0 Å². The van der Waals surface area contributed by atoms with Gasteiger partial charge in [-0.15, -0.1) is 0 Å². The predicted octanol–water partition coefficient (Wildman–Crippen LogP) is 5.87. The molecule has 3 rings (SSSR count). The molecule has 0 heterocycles. The molecule has 0 aliphatic rings. The second-order valence-electron chi connectivity index (χ2n) is 6.47. The fourth-order valence-electron chi connectivity index (χ4n) is 2.99. The van der Waals surface area contributed by atoms with E-state index >= 15 is 0 Å². The highest BCUT2D eigenvalue weighted by Gasteiger charge is 2.20. The van der Waals surface area contributed by atoms with E-state index in [9.17, 15) is 9.47 Å². The smallest absolute Gasteiger partial charge is 0.0852 e. The van der Waals surface area contributed by atoms with Crippen molar-refractivity contribution < 1.29 is 4.21 Å². The zero-order valence-corrected chi connectivity index (χ0v) is 16.1. The molecule has 0 bridgehead atoms. The van der Waals surface area contributed by atoms with Crippen molar-refractivity contribution in [2.24, 2.45) is 0 Å². The molecule has 0 aromatic heterocycles. The van der Waals surface area contributed by atoms with Crippen LogP contribution in [0.1, 0.15) is 29.0 Å².